The lowest BCUT2D eigenvalue weighted by atomic mass is 10.3. The van der Waals surface area contributed by atoms with Crippen molar-refractivity contribution in [3.05, 3.63) is 0 Å². The second-order valence-electron chi connectivity index (χ2n) is 2.22. The highest BCUT2D eigenvalue weighted by Gasteiger charge is 2.33. The first-order valence-corrected chi connectivity index (χ1v) is 4.47. The van der Waals surface area contributed by atoms with Gasteiger partial charge in [0.15, 0.2) is 0 Å². The molecule has 12 heavy (non-hydrogen) atoms. The summed E-state index contributed by atoms with van der Waals surface area (Å²) in [6.45, 7) is 0. The van der Waals surface area contributed by atoms with Crippen LogP contribution in [0, 0.1) is 0 Å². The Bertz CT molecular complexity index is 324. The number of nitrogens with one attached hydrogen (secondary N) is 2. The molecular weight excluding hydrogens is 191 g/mol. The highest BCUT2D eigenvalue weighted by molar-refractivity contribution is 7.86. The van der Waals surface area contributed by atoms with Crippen LogP contribution in [-0.2, 0) is 15.0 Å². The number of carbonyl (C=O) groups is 2. The van der Waals surface area contributed by atoms with Crippen molar-refractivity contribution in [2.24, 2.45) is 0 Å². The Morgan fingerprint density at radius 3 is 2.33 bits per heavy atom. The monoisotopic (exact) mass is 196 g/mol. The minimum absolute atomic E-state index is 0.811. The molecule has 6 nitrogen and oxygen atoms in total. The van der Waals surface area contributed by atoms with Crippen LogP contribution in [0.4, 0.5) is 8.68 Å². The van der Waals surface area contributed by atoms with E-state index in [0.29, 0.717) is 0 Å². The van der Waals surface area contributed by atoms with Gasteiger partial charge in [-0.2, -0.15) is 8.42 Å². The first-order chi connectivity index (χ1) is 5.38. The van der Waals surface area contributed by atoms with E-state index in [9.17, 15) is 21.9 Å². The Kier molecular flexibility index (Phi) is 2.01. The van der Waals surface area contributed by atoms with Crippen molar-refractivity contribution >= 4 is 22.2 Å². The summed E-state index contributed by atoms with van der Waals surface area (Å²) < 4.78 is 32.1. The van der Waals surface area contributed by atoms with E-state index in [2.05, 4.69) is 0 Å². The van der Waals surface area contributed by atoms with Crippen LogP contribution in [0.5, 0.6) is 0 Å². The van der Waals surface area contributed by atoms with Crippen molar-refractivity contribution in [2.45, 2.75) is 6.04 Å². The maximum absolute atomic E-state index is 12.0. The minimum Gasteiger partial charge on any atom is -0.325 e. The predicted octanol–water partition coefficient (Wildman–Crippen LogP) is -1.51. The van der Waals surface area contributed by atoms with Crippen LogP contribution < -0.4 is 10.6 Å². The molecule has 8 heteroatoms. The molecule has 1 aliphatic rings. The first kappa shape index (κ1) is 8.91. The average Bonchev–Trinajstić information content (AvgIpc) is 2.06. The first-order valence-electron chi connectivity index (χ1n) is 2.92. The van der Waals surface area contributed by atoms with E-state index in [1.807, 2.05) is 5.32 Å². The van der Waals surface area contributed by atoms with Gasteiger partial charge < -0.3 is 5.32 Å². The molecule has 1 aliphatic heterocycles. The normalized spacial score (nSPS) is 23.6. The molecule has 3 amide bonds. The number of imide groups is 1. The molecule has 0 radical (unpaired) electrons. The molecular formula is C4H5FN2O4S. The molecule has 0 aromatic rings. The Morgan fingerprint density at radius 2 is 2.00 bits per heavy atom. The van der Waals surface area contributed by atoms with Gasteiger partial charge in [-0.05, 0) is 0 Å². The van der Waals surface area contributed by atoms with Gasteiger partial charge in [0.05, 0.1) is 0 Å². The fourth-order valence-corrected chi connectivity index (χ4v) is 1.41. The van der Waals surface area contributed by atoms with Gasteiger partial charge in [0.2, 0.25) is 0 Å². The van der Waals surface area contributed by atoms with Gasteiger partial charge >= 0.3 is 16.3 Å². The number of halogens is 1. The predicted molar refractivity (Wildman–Crippen MR) is 35.4 cm³/mol. The second kappa shape index (κ2) is 2.70. The molecule has 2 N–H and O–H groups in total. The summed E-state index contributed by atoms with van der Waals surface area (Å²) in [6, 6.07) is -2.12. The maximum atomic E-state index is 12.0. The number of rotatable bonds is 2. The summed E-state index contributed by atoms with van der Waals surface area (Å²) in [4.78, 5) is 21.0. The van der Waals surface area contributed by atoms with E-state index in [1.165, 1.54) is 0 Å². The van der Waals surface area contributed by atoms with Gasteiger partial charge in [0, 0.05) is 0 Å². The highest BCUT2D eigenvalue weighted by atomic mass is 32.3. The van der Waals surface area contributed by atoms with Crippen LogP contribution >= 0.6 is 0 Å². The van der Waals surface area contributed by atoms with Crippen LogP contribution in [0.1, 0.15) is 0 Å². The Morgan fingerprint density at radius 1 is 1.42 bits per heavy atom. The summed E-state index contributed by atoms with van der Waals surface area (Å²) in [6.07, 6.45) is 0. The van der Waals surface area contributed by atoms with Crippen molar-refractivity contribution in [3.8, 4) is 0 Å². The summed E-state index contributed by atoms with van der Waals surface area (Å²) >= 11 is 0. The van der Waals surface area contributed by atoms with Gasteiger partial charge in [-0.25, -0.2) is 4.79 Å². The molecule has 0 aromatic heterocycles. The van der Waals surface area contributed by atoms with Crippen molar-refractivity contribution in [2.75, 3.05) is 5.75 Å². The van der Waals surface area contributed by atoms with E-state index in [0.717, 1.165) is 0 Å². The van der Waals surface area contributed by atoms with E-state index in [-0.39, 0.29) is 0 Å². The summed E-state index contributed by atoms with van der Waals surface area (Å²) in [5, 5.41) is 3.71. The lowest BCUT2D eigenvalue weighted by molar-refractivity contribution is -0.119. The van der Waals surface area contributed by atoms with Crippen LogP contribution in [-0.4, -0.2) is 32.2 Å². The minimum atomic E-state index is -4.74. The topological polar surface area (TPSA) is 92.3 Å². The number of amides is 3. The molecule has 0 aliphatic carbocycles. The van der Waals surface area contributed by atoms with Crippen LogP contribution in [0.2, 0.25) is 0 Å². The summed E-state index contributed by atoms with van der Waals surface area (Å²) in [5.41, 5.74) is 0. The molecule has 1 fully saturated rings. The maximum Gasteiger partial charge on any atom is 0.322 e. The molecule has 1 heterocycles. The largest absolute Gasteiger partial charge is 0.325 e. The SMILES string of the molecule is O=C1NC(=O)[C@H](CS(=O)(=O)F)N1. The molecule has 0 spiro atoms. The van der Waals surface area contributed by atoms with Gasteiger partial charge in [0.25, 0.3) is 5.91 Å². The van der Waals surface area contributed by atoms with Gasteiger partial charge in [0.1, 0.15) is 11.8 Å². The zero-order valence-corrected chi connectivity index (χ0v) is 6.52. The van der Waals surface area contributed by atoms with Gasteiger partial charge in [-0.1, -0.05) is 0 Å². The zero-order valence-electron chi connectivity index (χ0n) is 5.70. The standard InChI is InChI=1S/C4H5FN2O4S/c5-12(10,11)1-2-3(8)7-4(9)6-2/h2H,1H2,(H2,6,7,8,9)/t2-/m0/s1. The molecule has 1 atom stereocenters. The molecule has 0 bridgehead atoms. The third-order valence-corrected chi connectivity index (χ3v) is 1.96. The van der Waals surface area contributed by atoms with Crippen molar-refractivity contribution in [1.82, 2.24) is 10.6 Å². The Labute approximate surface area is 67.3 Å². The average molecular weight is 196 g/mol. The Hall–Kier alpha value is -1.18. The smallest absolute Gasteiger partial charge is 0.322 e. The van der Waals surface area contributed by atoms with Crippen LogP contribution in [0.15, 0.2) is 0 Å². The number of urea groups is 1. The van der Waals surface area contributed by atoms with E-state index < -0.39 is 34.0 Å². The number of hydrogen-bond donors (Lipinski definition) is 2. The lowest BCUT2D eigenvalue weighted by Gasteiger charge is -2.00. The fraction of sp³-hybridized carbons (Fsp3) is 0.500. The van der Waals surface area contributed by atoms with E-state index in [4.69, 9.17) is 0 Å². The number of carbonyl (C=O) groups excluding carboxylic acids is 2. The molecule has 0 aromatic carbocycles. The number of hydrogen-bond acceptors (Lipinski definition) is 4. The molecule has 1 saturated heterocycles. The third-order valence-electron chi connectivity index (χ3n) is 1.22. The van der Waals surface area contributed by atoms with Gasteiger partial charge in [-0.15, -0.1) is 3.89 Å². The molecule has 68 valence electrons. The van der Waals surface area contributed by atoms with E-state index in [1.54, 1.807) is 5.32 Å². The van der Waals surface area contributed by atoms with Crippen LogP contribution in [0.3, 0.4) is 0 Å². The zero-order chi connectivity index (χ0) is 9.35. The summed E-state index contributed by atoms with van der Waals surface area (Å²) in [7, 11) is -4.74. The highest BCUT2D eigenvalue weighted by Crippen LogP contribution is 1.99. The van der Waals surface area contributed by atoms with Crippen molar-refractivity contribution in [3.63, 3.8) is 0 Å². The van der Waals surface area contributed by atoms with Crippen molar-refractivity contribution in [1.29, 1.82) is 0 Å². The fourth-order valence-electron chi connectivity index (χ4n) is 0.775. The van der Waals surface area contributed by atoms with Crippen LogP contribution in [0.25, 0.3) is 0 Å². The van der Waals surface area contributed by atoms with E-state index >= 15 is 0 Å². The molecule has 0 saturated carbocycles. The second-order valence-corrected chi connectivity index (χ2v) is 3.63. The quantitative estimate of drug-likeness (QED) is 0.415. The molecule has 0 unspecified atom stereocenters. The molecule has 1 rings (SSSR count). The lowest BCUT2D eigenvalue weighted by Crippen LogP contribution is -2.34. The Balaban J connectivity index is 2.67. The van der Waals surface area contributed by atoms with Gasteiger partial charge in [-0.3, -0.25) is 10.1 Å². The van der Waals surface area contributed by atoms with Crippen molar-refractivity contribution < 1.29 is 21.9 Å². The third kappa shape index (κ3) is 2.16. The summed E-state index contributed by atoms with van der Waals surface area (Å²) in [5.74, 6) is -1.86.